The number of carbonyl (C=O) groups is 2. The van der Waals surface area contributed by atoms with Crippen LogP contribution in [0.4, 0.5) is 5.69 Å². The molecule has 19 heavy (non-hydrogen) atoms. The predicted octanol–water partition coefficient (Wildman–Crippen LogP) is 1.03. The number of carbonyl (C=O) groups excluding carboxylic acids is 2. The Bertz CT molecular complexity index is 486. The molecule has 0 fully saturated rings. The van der Waals surface area contributed by atoms with Crippen LogP contribution >= 0.6 is 0 Å². The van der Waals surface area contributed by atoms with Gasteiger partial charge in [0.25, 0.3) is 5.91 Å². The minimum absolute atomic E-state index is 0.0797. The second-order valence-electron chi connectivity index (χ2n) is 4.78. The van der Waals surface area contributed by atoms with Gasteiger partial charge in [-0.2, -0.15) is 0 Å². The molecular weight excluding hydrogens is 242 g/mol. The number of aryl methyl sites for hydroxylation is 1. The third-order valence-corrected chi connectivity index (χ3v) is 3.08. The number of nitrogens with one attached hydrogen (secondary N) is 1. The molecule has 0 bridgehead atoms. The highest BCUT2D eigenvalue weighted by Gasteiger charge is 2.19. The van der Waals surface area contributed by atoms with Crippen LogP contribution in [0.3, 0.4) is 0 Å². The number of hydrogen-bond acceptors (Lipinski definition) is 3. The van der Waals surface area contributed by atoms with Gasteiger partial charge >= 0.3 is 0 Å². The summed E-state index contributed by atoms with van der Waals surface area (Å²) in [6, 6.07) is 5.25. The van der Waals surface area contributed by atoms with Crippen molar-refractivity contribution in [3.63, 3.8) is 0 Å². The molecule has 0 saturated heterocycles. The molecule has 0 aromatic heterocycles. The Morgan fingerprint density at radius 3 is 2.63 bits per heavy atom. The van der Waals surface area contributed by atoms with Crippen LogP contribution in [0.15, 0.2) is 18.2 Å². The van der Waals surface area contributed by atoms with E-state index >= 15 is 0 Å². The van der Waals surface area contributed by atoms with E-state index in [1.165, 1.54) is 0 Å². The molecule has 1 aromatic rings. The molecule has 2 amide bonds. The van der Waals surface area contributed by atoms with Crippen molar-refractivity contribution in [3.8, 4) is 0 Å². The number of rotatable bonds is 4. The molecule has 1 atom stereocenters. The zero-order chi connectivity index (χ0) is 14.6. The maximum atomic E-state index is 12.3. The van der Waals surface area contributed by atoms with Gasteiger partial charge in [-0.1, -0.05) is 13.0 Å². The lowest BCUT2D eigenvalue weighted by Crippen LogP contribution is -2.37. The van der Waals surface area contributed by atoms with Crippen molar-refractivity contribution < 1.29 is 9.59 Å². The summed E-state index contributed by atoms with van der Waals surface area (Å²) >= 11 is 0. The van der Waals surface area contributed by atoms with E-state index in [9.17, 15) is 9.59 Å². The zero-order valence-electron chi connectivity index (χ0n) is 11.9. The molecule has 1 aromatic carbocycles. The summed E-state index contributed by atoms with van der Waals surface area (Å²) < 4.78 is 0. The Balaban J connectivity index is 2.82. The summed E-state index contributed by atoms with van der Waals surface area (Å²) in [5.74, 6) is -0.454. The standard InChI is InChI=1S/C14H21N3O2/c1-9-5-6-11(15)7-12(9)14(19)17(4)8-10(2)13(18)16-3/h5-7,10H,8,15H2,1-4H3,(H,16,18). The lowest BCUT2D eigenvalue weighted by atomic mass is 10.1. The summed E-state index contributed by atoms with van der Waals surface area (Å²) in [5.41, 5.74) is 7.71. The molecule has 5 nitrogen and oxygen atoms in total. The predicted molar refractivity (Wildman–Crippen MR) is 75.8 cm³/mol. The Labute approximate surface area is 113 Å². The first-order valence-corrected chi connectivity index (χ1v) is 6.20. The SMILES string of the molecule is CNC(=O)C(C)CN(C)C(=O)c1cc(N)ccc1C. The van der Waals surface area contributed by atoms with Crippen LogP contribution in [0.5, 0.6) is 0 Å². The van der Waals surface area contributed by atoms with Crippen LogP contribution in [-0.4, -0.2) is 37.4 Å². The molecule has 0 aliphatic rings. The van der Waals surface area contributed by atoms with Crippen LogP contribution in [0.2, 0.25) is 0 Å². The molecule has 0 heterocycles. The van der Waals surface area contributed by atoms with Crippen LogP contribution in [0, 0.1) is 12.8 Å². The van der Waals surface area contributed by atoms with Crippen molar-refractivity contribution in [3.05, 3.63) is 29.3 Å². The molecule has 0 aliphatic heterocycles. The van der Waals surface area contributed by atoms with Gasteiger partial charge in [0.05, 0.1) is 5.92 Å². The molecule has 1 rings (SSSR count). The van der Waals surface area contributed by atoms with Gasteiger partial charge in [-0.15, -0.1) is 0 Å². The van der Waals surface area contributed by atoms with E-state index in [1.807, 2.05) is 13.0 Å². The van der Waals surface area contributed by atoms with E-state index in [1.54, 1.807) is 38.1 Å². The third kappa shape index (κ3) is 3.71. The van der Waals surface area contributed by atoms with Crippen molar-refractivity contribution in [1.29, 1.82) is 0 Å². The Morgan fingerprint density at radius 1 is 1.42 bits per heavy atom. The molecule has 0 aliphatic carbocycles. The van der Waals surface area contributed by atoms with Gasteiger partial charge in [-0.05, 0) is 24.6 Å². The van der Waals surface area contributed by atoms with E-state index in [2.05, 4.69) is 5.32 Å². The van der Waals surface area contributed by atoms with Crippen LogP contribution in [0.1, 0.15) is 22.8 Å². The van der Waals surface area contributed by atoms with Gasteiger partial charge in [-0.3, -0.25) is 9.59 Å². The Morgan fingerprint density at radius 2 is 2.05 bits per heavy atom. The second kappa shape index (κ2) is 6.22. The summed E-state index contributed by atoms with van der Waals surface area (Å²) in [6.45, 7) is 4.02. The van der Waals surface area contributed by atoms with Gasteiger partial charge in [0.2, 0.25) is 5.91 Å². The van der Waals surface area contributed by atoms with E-state index < -0.39 is 0 Å². The molecular formula is C14H21N3O2. The highest BCUT2D eigenvalue weighted by molar-refractivity contribution is 5.96. The molecule has 104 valence electrons. The van der Waals surface area contributed by atoms with E-state index in [0.29, 0.717) is 17.8 Å². The number of nitrogens with two attached hydrogens (primary N) is 1. The normalized spacial score (nSPS) is 11.8. The number of nitrogens with zero attached hydrogens (tertiary/aromatic N) is 1. The maximum Gasteiger partial charge on any atom is 0.253 e. The van der Waals surface area contributed by atoms with E-state index in [4.69, 9.17) is 5.73 Å². The smallest absolute Gasteiger partial charge is 0.253 e. The lowest BCUT2D eigenvalue weighted by Gasteiger charge is -2.21. The van der Waals surface area contributed by atoms with Gasteiger partial charge < -0.3 is 16.0 Å². The summed E-state index contributed by atoms with van der Waals surface area (Å²) in [6.07, 6.45) is 0. The molecule has 3 N–H and O–H groups in total. The first kappa shape index (κ1) is 15.0. The highest BCUT2D eigenvalue weighted by Crippen LogP contribution is 2.15. The lowest BCUT2D eigenvalue weighted by molar-refractivity contribution is -0.124. The van der Waals surface area contributed by atoms with Crippen LogP contribution < -0.4 is 11.1 Å². The topological polar surface area (TPSA) is 75.4 Å². The van der Waals surface area contributed by atoms with Crippen molar-refractivity contribution in [1.82, 2.24) is 10.2 Å². The third-order valence-electron chi connectivity index (χ3n) is 3.08. The van der Waals surface area contributed by atoms with Gasteiger partial charge in [0, 0.05) is 31.9 Å². The molecule has 5 heteroatoms. The number of hydrogen-bond donors (Lipinski definition) is 2. The fourth-order valence-corrected chi connectivity index (χ4v) is 1.90. The largest absolute Gasteiger partial charge is 0.399 e. The summed E-state index contributed by atoms with van der Waals surface area (Å²) in [5, 5.41) is 2.57. The fraction of sp³-hybridized carbons (Fsp3) is 0.429. The minimum atomic E-state index is -0.250. The zero-order valence-corrected chi connectivity index (χ0v) is 11.9. The van der Waals surface area contributed by atoms with Crippen LogP contribution in [0.25, 0.3) is 0 Å². The quantitative estimate of drug-likeness (QED) is 0.797. The molecule has 1 unspecified atom stereocenters. The monoisotopic (exact) mass is 263 g/mol. The summed E-state index contributed by atoms with van der Waals surface area (Å²) in [4.78, 5) is 25.3. The van der Waals surface area contributed by atoms with Crippen molar-refractivity contribution >= 4 is 17.5 Å². The van der Waals surface area contributed by atoms with Gasteiger partial charge in [0.15, 0.2) is 0 Å². The molecule has 0 saturated carbocycles. The van der Waals surface area contributed by atoms with Gasteiger partial charge in [0.1, 0.15) is 0 Å². The fourth-order valence-electron chi connectivity index (χ4n) is 1.90. The first-order valence-electron chi connectivity index (χ1n) is 6.20. The number of anilines is 1. The number of nitrogen functional groups attached to an aromatic ring is 1. The van der Waals surface area contributed by atoms with E-state index in [0.717, 1.165) is 5.56 Å². The van der Waals surface area contributed by atoms with Gasteiger partial charge in [-0.25, -0.2) is 0 Å². The van der Waals surface area contributed by atoms with Crippen molar-refractivity contribution in [2.45, 2.75) is 13.8 Å². The Hall–Kier alpha value is -2.04. The van der Waals surface area contributed by atoms with Crippen molar-refractivity contribution in [2.24, 2.45) is 5.92 Å². The Kier molecular flexibility index (Phi) is 4.92. The second-order valence-corrected chi connectivity index (χ2v) is 4.78. The average molecular weight is 263 g/mol. The molecule has 0 radical (unpaired) electrons. The van der Waals surface area contributed by atoms with Crippen molar-refractivity contribution in [2.75, 3.05) is 26.4 Å². The minimum Gasteiger partial charge on any atom is -0.399 e. The highest BCUT2D eigenvalue weighted by atomic mass is 16.2. The first-order chi connectivity index (χ1) is 8.86. The summed E-state index contributed by atoms with van der Waals surface area (Å²) in [7, 11) is 3.27. The maximum absolute atomic E-state index is 12.3. The average Bonchev–Trinajstić information content (AvgIpc) is 2.39. The number of amides is 2. The van der Waals surface area contributed by atoms with Crippen LogP contribution in [-0.2, 0) is 4.79 Å². The molecule has 0 spiro atoms. The van der Waals surface area contributed by atoms with E-state index in [-0.39, 0.29) is 17.7 Å². The number of benzene rings is 1.